The largest absolute Gasteiger partial charge is 0.490 e. The zero-order valence-electron chi connectivity index (χ0n) is 21.9. The van der Waals surface area contributed by atoms with Gasteiger partial charge in [0.05, 0.1) is 23.9 Å². The Labute approximate surface area is 230 Å². The summed E-state index contributed by atoms with van der Waals surface area (Å²) in [4.78, 5) is 28.7. The average molecular weight is 536 g/mol. The van der Waals surface area contributed by atoms with Gasteiger partial charge >= 0.3 is 5.97 Å². The third kappa shape index (κ3) is 5.61. The minimum atomic E-state index is -0.528. The Kier molecular flexibility index (Phi) is 7.68. The smallest absolute Gasteiger partial charge is 0.343 e. The van der Waals surface area contributed by atoms with Crippen LogP contribution in [0.4, 0.5) is 4.39 Å². The number of carbonyl (C=O) groups excluding carboxylic acids is 2. The molecule has 0 unspecified atom stereocenters. The quantitative estimate of drug-likeness (QED) is 0.101. The summed E-state index contributed by atoms with van der Waals surface area (Å²) in [6, 6.07) is 26.1. The van der Waals surface area contributed by atoms with E-state index in [1.54, 1.807) is 48.5 Å². The molecule has 0 aliphatic heterocycles. The first-order chi connectivity index (χ1) is 19.4. The van der Waals surface area contributed by atoms with E-state index in [0.29, 0.717) is 34.4 Å². The second-order valence-corrected chi connectivity index (χ2v) is 9.00. The number of amides is 1. The molecule has 2 N–H and O–H groups in total. The number of halogens is 1. The van der Waals surface area contributed by atoms with Gasteiger partial charge in [0.15, 0.2) is 11.5 Å². The van der Waals surface area contributed by atoms with Crippen LogP contribution in [0.3, 0.4) is 0 Å². The van der Waals surface area contributed by atoms with Crippen molar-refractivity contribution in [2.75, 3.05) is 6.61 Å². The molecule has 0 aliphatic rings. The van der Waals surface area contributed by atoms with Gasteiger partial charge in [-0.25, -0.2) is 14.6 Å². The number of esters is 1. The molecule has 0 saturated carbocycles. The van der Waals surface area contributed by atoms with Crippen LogP contribution in [0.15, 0.2) is 96.1 Å². The fourth-order valence-corrected chi connectivity index (χ4v) is 4.37. The van der Waals surface area contributed by atoms with Crippen LogP contribution < -0.4 is 14.9 Å². The van der Waals surface area contributed by atoms with Gasteiger partial charge in [0.2, 0.25) is 0 Å². The lowest BCUT2D eigenvalue weighted by molar-refractivity contribution is 0.0728. The van der Waals surface area contributed by atoms with Gasteiger partial charge in [-0.15, -0.1) is 0 Å². The Hall–Kier alpha value is -5.24. The number of benzene rings is 4. The van der Waals surface area contributed by atoms with E-state index in [4.69, 9.17) is 9.47 Å². The van der Waals surface area contributed by atoms with Crippen molar-refractivity contribution < 1.29 is 23.5 Å². The fourth-order valence-electron chi connectivity index (χ4n) is 4.37. The lowest BCUT2D eigenvalue weighted by Gasteiger charge is -2.11. The van der Waals surface area contributed by atoms with Crippen molar-refractivity contribution >= 4 is 29.0 Å². The van der Waals surface area contributed by atoms with Gasteiger partial charge in [-0.1, -0.05) is 60.2 Å². The number of hydrazone groups is 1. The highest BCUT2D eigenvalue weighted by molar-refractivity contribution is 6.10. The first-order valence-corrected chi connectivity index (χ1v) is 12.7. The number of rotatable bonds is 8. The lowest BCUT2D eigenvalue weighted by Crippen LogP contribution is -2.19. The van der Waals surface area contributed by atoms with Crippen molar-refractivity contribution in [2.24, 2.45) is 5.10 Å². The molecule has 5 rings (SSSR count). The van der Waals surface area contributed by atoms with E-state index in [9.17, 15) is 14.0 Å². The fraction of sp³-hybridized carbons (Fsp3) is 0.0938. The molecule has 7 nitrogen and oxygen atoms in total. The zero-order valence-corrected chi connectivity index (χ0v) is 21.9. The number of nitrogens with zero attached hydrogens (tertiary/aromatic N) is 1. The number of aryl methyl sites for hydroxylation is 1. The van der Waals surface area contributed by atoms with Gasteiger partial charge in [0.25, 0.3) is 5.91 Å². The molecule has 0 radical (unpaired) electrons. The summed E-state index contributed by atoms with van der Waals surface area (Å²) < 4.78 is 25.8. The zero-order chi connectivity index (χ0) is 28.1. The monoisotopic (exact) mass is 535 g/mol. The van der Waals surface area contributed by atoms with Crippen LogP contribution >= 0.6 is 0 Å². The molecule has 5 aromatic rings. The second-order valence-electron chi connectivity index (χ2n) is 9.00. The second kappa shape index (κ2) is 11.7. The van der Waals surface area contributed by atoms with Crippen LogP contribution in [0.5, 0.6) is 11.5 Å². The van der Waals surface area contributed by atoms with Crippen molar-refractivity contribution in [3.05, 3.63) is 119 Å². The Morgan fingerprint density at radius 1 is 0.950 bits per heavy atom. The maximum Gasteiger partial charge on any atom is 0.343 e. The van der Waals surface area contributed by atoms with E-state index >= 15 is 0 Å². The van der Waals surface area contributed by atoms with Crippen LogP contribution in [-0.2, 0) is 0 Å². The van der Waals surface area contributed by atoms with E-state index < -0.39 is 17.7 Å². The summed E-state index contributed by atoms with van der Waals surface area (Å²) in [5.41, 5.74) is 6.28. The van der Waals surface area contributed by atoms with Crippen LogP contribution in [0.1, 0.15) is 38.9 Å². The lowest BCUT2D eigenvalue weighted by atomic mass is 10.0. The van der Waals surface area contributed by atoms with Crippen molar-refractivity contribution in [3.63, 3.8) is 0 Å². The summed E-state index contributed by atoms with van der Waals surface area (Å²) in [5.74, 6) is -0.857. The summed E-state index contributed by atoms with van der Waals surface area (Å²) in [6.45, 7) is 4.07. The number of carbonyl (C=O) groups is 2. The molecule has 0 aliphatic carbocycles. The summed E-state index contributed by atoms with van der Waals surface area (Å²) >= 11 is 0. The minimum Gasteiger partial charge on any atom is -0.490 e. The standard InChI is InChI=1S/C32H26FN3O4/c1-3-39-27-18-21(15-16-26(27)40-32(38)23-12-7-9-20(2)17-23)19-34-36-31(37)30-28(22-10-5-4-6-11-22)24-13-8-14-25(33)29(24)35-30/h4-19,35H,3H2,1-2H3,(H,36,37). The van der Waals surface area contributed by atoms with Gasteiger partial charge in [-0.05, 0) is 61.4 Å². The average Bonchev–Trinajstić information content (AvgIpc) is 3.36. The van der Waals surface area contributed by atoms with Crippen molar-refractivity contribution in [2.45, 2.75) is 13.8 Å². The number of para-hydroxylation sites is 1. The molecular formula is C32H26FN3O4. The first-order valence-electron chi connectivity index (χ1n) is 12.7. The van der Waals surface area contributed by atoms with E-state index in [2.05, 4.69) is 15.5 Å². The molecule has 4 aromatic carbocycles. The van der Waals surface area contributed by atoms with Gasteiger partial charge in [0, 0.05) is 10.9 Å². The molecule has 0 atom stereocenters. The first kappa shape index (κ1) is 26.4. The predicted octanol–water partition coefficient (Wildman–Crippen LogP) is 6.66. The van der Waals surface area contributed by atoms with E-state index in [-0.39, 0.29) is 17.0 Å². The van der Waals surface area contributed by atoms with Gasteiger partial charge in [0.1, 0.15) is 11.5 Å². The molecule has 0 spiro atoms. The molecule has 40 heavy (non-hydrogen) atoms. The van der Waals surface area contributed by atoms with Crippen LogP contribution in [0.2, 0.25) is 0 Å². The maximum absolute atomic E-state index is 14.5. The third-order valence-corrected chi connectivity index (χ3v) is 6.18. The van der Waals surface area contributed by atoms with E-state index in [0.717, 1.165) is 11.1 Å². The number of hydrogen-bond donors (Lipinski definition) is 2. The number of aromatic amines is 1. The Balaban J connectivity index is 1.36. The number of fused-ring (bicyclic) bond motifs is 1. The van der Waals surface area contributed by atoms with Gasteiger partial charge in [-0.3, -0.25) is 4.79 Å². The van der Waals surface area contributed by atoms with Crippen LogP contribution in [0.25, 0.3) is 22.0 Å². The third-order valence-electron chi connectivity index (χ3n) is 6.18. The molecule has 1 aromatic heterocycles. The Morgan fingerprint density at radius 2 is 1.75 bits per heavy atom. The topological polar surface area (TPSA) is 92.8 Å². The van der Waals surface area contributed by atoms with Crippen molar-refractivity contribution in [3.8, 4) is 22.6 Å². The molecular weight excluding hydrogens is 509 g/mol. The number of H-pyrrole nitrogens is 1. The minimum absolute atomic E-state index is 0.192. The predicted molar refractivity (Wildman–Crippen MR) is 153 cm³/mol. The van der Waals surface area contributed by atoms with Crippen LogP contribution in [0, 0.1) is 12.7 Å². The SMILES string of the molecule is CCOc1cc(C=NNC(=O)c2[nH]c3c(F)cccc3c2-c2ccccc2)ccc1OC(=O)c1cccc(C)c1. The Bertz CT molecular complexity index is 1730. The summed E-state index contributed by atoms with van der Waals surface area (Å²) in [7, 11) is 0. The summed E-state index contributed by atoms with van der Waals surface area (Å²) in [6.07, 6.45) is 1.44. The molecule has 0 saturated heterocycles. The van der Waals surface area contributed by atoms with Gasteiger partial charge < -0.3 is 14.5 Å². The highest BCUT2D eigenvalue weighted by Crippen LogP contribution is 2.33. The Morgan fingerprint density at radius 3 is 2.52 bits per heavy atom. The highest BCUT2D eigenvalue weighted by Gasteiger charge is 2.20. The van der Waals surface area contributed by atoms with E-state index in [1.807, 2.05) is 50.2 Å². The van der Waals surface area contributed by atoms with Gasteiger partial charge in [-0.2, -0.15) is 5.10 Å². The highest BCUT2D eigenvalue weighted by atomic mass is 19.1. The maximum atomic E-state index is 14.5. The molecule has 1 heterocycles. The molecule has 200 valence electrons. The number of ether oxygens (including phenoxy) is 2. The van der Waals surface area contributed by atoms with E-state index in [1.165, 1.54) is 12.3 Å². The molecule has 0 bridgehead atoms. The van der Waals surface area contributed by atoms with Crippen LogP contribution in [-0.4, -0.2) is 29.7 Å². The molecule has 8 heteroatoms. The summed E-state index contributed by atoms with van der Waals surface area (Å²) in [5, 5.41) is 4.69. The van der Waals surface area contributed by atoms with Crippen molar-refractivity contribution in [1.29, 1.82) is 0 Å². The normalized spacial score (nSPS) is 11.1. The van der Waals surface area contributed by atoms with Crippen molar-refractivity contribution in [1.82, 2.24) is 10.4 Å². The molecule has 0 fully saturated rings. The number of hydrogen-bond acceptors (Lipinski definition) is 5. The number of nitrogens with one attached hydrogen (secondary N) is 2. The number of aromatic nitrogens is 1. The molecule has 1 amide bonds.